The highest BCUT2D eigenvalue weighted by atomic mass is 16.5. The summed E-state index contributed by atoms with van der Waals surface area (Å²) in [6, 6.07) is 0.296. The van der Waals surface area contributed by atoms with Gasteiger partial charge in [-0.15, -0.1) is 0 Å². The summed E-state index contributed by atoms with van der Waals surface area (Å²) >= 11 is 0. The fraction of sp³-hybridized carbons (Fsp3) is 0.786. The van der Waals surface area contributed by atoms with E-state index in [2.05, 4.69) is 11.9 Å². The molecule has 17 heavy (non-hydrogen) atoms. The van der Waals surface area contributed by atoms with Crippen LogP contribution in [-0.4, -0.2) is 24.7 Å². The van der Waals surface area contributed by atoms with E-state index in [-0.39, 0.29) is 11.3 Å². The predicted molar refractivity (Wildman–Crippen MR) is 67.7 cm³/mol. The van der Waals surface area contributed by atoms with Gasteiger partial charge in [0.05, 0.1) is 6.10 Å². The van der Waals surface area contributed by atoms with Gasteiger partial charge in [0.1, 0.15) is 0 Å². The molecule has 2 fully saturated rings. The normalized spacial score (nSPS) is 30.6. The fourth-order valence-electron chi connectivity index (χ4n) is 3.50. The van der Waals surface area contributed by atoms with Gasteiger partial charge in [0.25, 0.3) is 0 Å². The molecule has 2 rings (SSSR count). The number of carbonyl (C=O) groups is 1. The molecular weight excluding hydrogens is 214 g/mol. The van der Waals surface area contributed by atoms with Crippen LogP contribution in [0.4, 0.5) is 0 Å². The van der Waals surface area contributed by atoms with Gasteiger partial charge >= 0.3 is 0 Å². The molecule has 2 saturated carbocycles. The maximum absolute atomic E-state index is 11.4. The van der Waals surface area contributed by atoms with Gasteiger partial charge in [-0.05, 0) is 32.3 Å². The zero-order valence-electron chi connectivity index (χ0n) is 10.7. The van der Waals surface area contributed by atoms with Crippen LogP contribution in [0.2, 0.25) is 0 Å². The Hall–Kier alpha value is -0.830. The second kappa shape index (κ2) is 5.21. The highest BCUT2D eigenvalue weighted by molar-refractivity contribution is 5.87. The van der Waals surface area contributed by atoms with Gasteiger partial charge in [0.15, 0.2) is 0 Å². The Morgan fingerprint density at radius 3 is 2.76 bits per heavy atom. The number of nitrogens with one attached hydrogen (secondary N) is 1. The van der Waals surface area contributed by atoms with Gasteiger partial charge in [0.2, 0.25) is 5.91 Å². The van der Waals surface area contributed by atoms with Crippen molar-refractivity contribution in [3.05, 3.63) is 12.7 Å². The monoisotopic (exact) mass is 237 g/mol. The molecule has 1 N–H and O–H groups in total. The topological polar surface area (TPSA) is 38.3 Å². The largest absolute Gasteiger partial charge is 0.378 e. The van der Waals surface area contributed by atoms with Crippen LogP contribution < -0.4 is 5.32 Å². The molecule has 0 saturated heterocycles. The molecule has 2 aliphatic carbocycles. The van der Waals surface area contributed by atoms with Crippen LogP contribution in [0.1, 0.15) is 45.4 Å². The molecule has 0 aromatic rings. The predicted octanol–water partition coefficient (Wildman–Crippen LogP) is 2.42. The lowest BCUT2D eigenvalue weighted by molar-refractivity contribution is -0.155. The molecule has 2 aliphatic rings. The lowest BCUT2D eigenvalue weighted by atomic mass is 9.55. The second-order valence-electron chi connectivity index (χ2n) is 5.24. The molecule has 2 unspecified atom stereocenters. The van der Waals surface area contributed by atoms with E-state index in [1.165, 1.54) is 38.2 Å². The Bertz CT molecular complexity index is 295. The van der Waals surface area contributed by atoms with Gasteiger partial charge in [-0.2, -0.15) is 0 Å². The van der Waals surface area contributed by atoms with Crippen molar-refractivity contribution < 1.29 is 9.53 Å². The fourth-order valence-corrected chi connectivity index (χ4v) is 3.50. The summed E-state index contributed by atoms with van der Waals surface area (Å²) in [5, 5.41) is 3.08. The highest BCUT2D eigenvalue weighted by Crippen LogP contribution is 2.53. The summed E-state index contributed by atoms with van der Waals surface area (Å²) in [4.78, 5) is 11.4. The van der Waals surface area contributed by atoms with Gasteiger partial charge in [-0.3, -0.25) is 4.79 Å². The van der Waals surface area contributed by atoms with E-state index >= 15 is 0 Å². The average Bonchev–Trinajstić information content (AvgIpc) is 2.38. The average molecular weight is 237 g/mol. The number of hydrogen-bond acceptors (Lipinski definition) is 2. The zero-order chi connectivity index (χ0) is 12.3. The number of amides is 1. The van der Waals surface area contributed by atoms with Crippen molar-refractivity contribution in [3.8, 4) is 0 Å². The van der Waals surface area contributed by atoms with E-state index in [1.54, 1.807) is 0 Å². The lowest BCUT2D eigenvalue weighted by Gasteiger charge is -2.57. The lowest BCUT2D eigenvalue weighted by Crippen LogP contribution is -2.65. The van der Waals surface area contributed by atoms with Crippen molar-refractivity contribution in [2.24, 2.45) is 5.41 Å². The Labute approximate surface area is 104 Å². The third-order valence-corrected chi connectivity index (χ3v) is 4.44. The van der Waals surface area contributed by atoms with Gasteiger partial charge in [-0.1, -0.05) is 25.8 Å². The smallest absolute Gasteiger partial charge is 0.243 e. The first-order chi connectivity index (χ1) is 8.23. The van der Waals surface area contributed by atoms with E-state index in [0.717, 1.165) is 13.0 Å². The van der Waals surface area contributed by atoms with E-state index < -0.39 is 0 Å². The Balaban J connectivity index is 2.02. The SMILES string of the molecule is C=CC(=O)NC1CC(OCC)C12CCCCC2. The third-order valence-electron chi connectivity index (χ3n) is 4.44. The first-order valence-electron chi connectivity index (χ1n) is 6.77. The summed E-state index contributed by atoms with van der Waals surface area (Å²) in [6.07, 6.45) is 8.93. The molecule has 1 spiro atoms. The molecule has 3 nitrogen and oxygen atoms in total. The van der Waals surface area contributed by atoms with Gasteiger partial charge in [-0.25, -0.2) is 0 Å². The van der Waals surface area contributed by atoms with Crippen molar-refractivity contribution >= 4 is 5.91 Å². The van der Waals surface area contributed by atoms with Gasteiger partial charge in [0, 0.05) is 18.1 Å². The van der Waals surface area contributed by atoms with E-state index in [0.29, 0.717) is 12.1 Å². The minimum Gasteiger partial charge on any atom is -0.378 e. The molecule has 0 bridgehead atoms. The summed E-state index contributed by atoms with van der Waals surface area (Å²) in [5.41, 5.74) is 0.215. The van der Waals surface area contributed by atoms with Crippen LogP contribution >= 0.6 is 0 Å². The summed E-state index contributed by atoms with van der Waals surface area (Å²) in [5.74, 6) is -0.0464. The van der Waals surface area contributed by atoms with E-state index in [9.17, 15) is 4.79 Å². The summed E-state index contributed by atoms with van der Waals surface area (Å²) < 4.78 is 5.84. The quantitative estimate of drug-likeness (QED) is 0.763. The number of carbonyl (C=O) groups excluding carboxylic acids is 1. The van der Waals surface area contributed by atoms with Crippen molar-refractivity contribution in [1.29, 1.82) is 0 Å². The van der Waals surface area contributed by atoms with E-state index in [1.807, 2.05) is 6.92 Å². The standard InChI is InChI=1S/C14H23NO2/c1-3-13(16)15-11-10-12(17-4-2)14(11)8-6-5-7-9-14/h3,11-12H,1,4-10H2,2H3,(H,15,16). The molecule has 2 atom stereocenters. The van der Waals surface area contributed by atoms with E-state index in [4.69, 9.17) is 4.74 Å². The molecular formula is C14H23NO2. The Morgan fingerprint density at radius 1 is 1.47 bits per heavy atom. The molecule has 0 heterocycles. The Morgan fingerprint density at radius 2 is 2.18 bits per heavy atom. The third kappa shape index (κ3) is 2.25. The van der Waals surface area contributed by atoms with Crippen LogP contribution in [0.25, 0.3) is 0 Å². The Kier molecular flexibility index (Phi) is 3.87. The molecule has 0 aromatic heterocycles. The van der Waals surface area contributed by atoms with Crippen LogP contribution in [0, 0.1) is 5.41 Å². The first-order valence-corrected chi connectivity index (χ1v) is 6.77. The summed E-state index contributed by atoms with van der Waals surface area (Å²) in [7, 11) is 0. The minimum atomic E-state index is -0.0464. The minimum absolute atomic E-state index is 0.0464. The number of hydrogen-bond donors (Lipinski definition) is 1. The molecule has 0 aliphatic heterocycles. The number of rotatable bonds is 4. The highest BCUT2D eigenvalue weighted by Gasteiger charge is 2.55. The van der Waals surface area contributed by atoms with Crippen LogP contribution in [0.15, 0.2) is 12.7 Å². The summed E-state index contributed by atoms with van der Waals surface area (Å²) in [6.45, 7) is 6.34. The molecule has 3 heteroatoms. The second-order valence-corrected chi connectivity index (χ2v) is 5.24. The number of ether oxygens (including phenoxy) is 1. The van der Waals surface area contributed by atoms with Gasteiger partial charge < -0.3 is 10.1 Å². The van der Waals surface area contributed by atoms with Crippen molar-refractivity contribution in [3.63, 3.8) is 0 Å². The van der Waals surface area contributed by atoms with Crippen LogP contribution in [0.5, 0.6) is 0 Å². The zero-order valence-corrected chi connectivity index (χ0v) is 10.7. The molecule has 0 aromatic carbocycles. The molecule has 1 amide bonds. The van der Waals surface area contributed by atoms with Crippen molar-refractivity contribution in [2.45, 2.75) is 57.6 Å². The van der Waals surface area contributed by atoms with Crippen LogP contribution in [-0.2, 0) is 9.53 Å². The van der Waals surface area contributed by atoms with Crippen LogP contribution in [0.3, 0.4) is 0 Å². The van der Waals surface area contributed by atoms with Crippen molar-refractivity contribution in [1.82, 2.24) is 5.32 Å². The first kappa shape index (κ1) is 12.6. The maximum Gasteiger partial charge on any atom is 0.243 e. The maximum atomic E-state index is 11.4. The molecule has 96 valence electrons. The molecule has 0 radical (unpaired) electrons. The van der Waals surface area contributed by atoms with Crippen molar-refractivity contribution in [2.75, 3.05) is 6.61 Å².